The number of rotatable bonds is 10. The highest BCUT2D eigenvalue weighted by Gasteiger charge is 2.51. The van der Waals surface area contributed by atoms with E-state index in [0.717, 1.165) is 38.0 Å². The zero-order valence-corrected chi connectivity index (χ0v) is 13.1. The largest absolute Gasteiger partial charge is 0.468 e. The lowest BCUT2D eigenvalue weighted by Crippen LogP contribution is -2.57. The second kappa shape index (κ2) is 8.12. The summed E-state index contributed by atoms with van der Waals surface area (Å²) in [6, 6.07) is 0. The van der Waals surface area contributed by atoms with Crippen molar-refractivity contribution in [1.82, 2.24) is 5.32 Å². The summed E-state index contributed by atoms with van der Waals surface area (Å²) in [5.41, 5.74) is -0.529. The molecular weight excluding hydrogens is 262 g/mol. The van der Waals surface area contributed by atoms with E-state index in [1.54, 1.807) is 11.8 Å². The van der Waals surface area contributed by atoms with Gasteiger partial charge in [-0.05, 0) is 38.1 Å². The standard InChI is InChI=1S/C14H27NO3S/c1-4-8-15-14(12-5-6-12,13(17)18-3)10-19-11(2)7-9-16/h11-12,15-16H,4-10H2,1-3H3. The Morgan fingerprint density at radius 1 is 1.58 bits per heavy atom. The summed E-state index contributed by atoms with van der Waals surface area (Å²) in [4.78, 5) is 12.2. The third-order valence-electron chi connectivity index (χ3n) is 3.65. The Hall–Kier alpha value is -0.260. The van der Waals surface area contributed by atoms with Gasteiger partial charge in [0.1, 0.15) is 5.54 Å². The fourth-order valence-corrected chi connectivity index (χ4v) is 3.53. The van der Waals surface area contributed by atoms with Crippen LogP contribution in [0.3, 0.4) is 0 Å². The fraction of sp³-hybridized carbons (Fsp3) is 0.929. The molecule has 2 unspecified atom stereocenters. The van der Waals surface area contributed by atoms with Crippen LogP contribution in [-0.2, 0) is 9.53 Å². The number of carbonyl (C=O) groups is 1. The number of hydrogen-bond donors (Lipinski definition) is 2. The summed E-state index contributed by atoms with van der Waals surface area (Å²) in [6.45, 7) is 5.23. The molecule has 4 nitrogen and oxygen atoms in total. The van der Waals surface area contributed by atoms with Gasteiger partial charge >= 0.3 is 5.97 Å². The minimum atomic E-state index is -0.529. The molecule has 0 bridgehead atoms. The van der Waals surface area contributed by atoms with Crippen LogP contribution in [0.2, 0.25) is 0 Å². The summed E-state index contributed by atoms with van der Waals surface area (Å²) in [7, 11) is 1.47. The topological polar surface area (TPSA) is 58.6 Å². The molecule has 0 spiro atoms. The Kier molecular flexibility index (Phi) is 7.18. The molecule has 1 aliphatic carbocycles. The zero-order valence-electron chi connectivity index (χ0n) is 12.3. The zero-order chi connectivity index (χ0) is 14.3. The smallest absolute Gasteiger partial charge is 0.327 e. The van der Waals surface area contributed by atoms with Crippen LogP contribution in [0.25, 0.3) is 0 Å². The molecule has 19 heavy (non-hydrogen) atoms. The van der Waals surface area contributed by atoms with Gasteiger partial charge in [0.25, 0.3) is 0 Å². The maximum Gasteiger partial charge on any atom is 0.327 e. The van der Waals surface area contributed by atoms with Gasteiger partial charge in [0.05, 0.1) is 7.11 Å². The first-order valence-corrected chi connectivity index (χ1v) is 8.21. The van der Waals surface area contributed by atoms with E-state index >= 15 is 0 Å². The van der Waals surface area contributed by atoms with Crippen molar-refractivity contribution in [2.24, 2.45) is 5.92 Å². The molecule has 0 saturated heterocycles. The second-order valence-corrected chi connectivity index (χ2v) is 6.72. The van der Waals surface area contributed by atoms with Crippen LogP contribution in [0.1, 0.15) is 39.5 Å². The molecule has 5 heteroatoms. The molecule has 112 valence electrons. The van der Waals surface area contributed by atoms with E-state index in [1.807, 2.05) is 0 Å². The Bertz CT molecular complexity index is 284. The van der Waals surface area contributed by atoms with Gasteiger partial charge in [0.2, 0.25) is 0 Å². The van der Waals surface area contributed by atoms with E-state index in [2.05, 4.69) is 19.2 Å². The number of ether oxygens (including phenoxy) is 1. The minimum Gasteiger partial charge on any atom is -0.468 e. The van der Waals surface area contributed by atoms with Gasteiger partial charge in [0.15, 0.2) is 0 Å². The Morgan fingerprint density at radius 2 is 2.26 bits per heavy atom. The SMILES string of the molecule is CCCNC(CSC(C)CCO)(C(=O)OC)C1CC1. The molecule has 0 aliphatic heterocycles. The number of methoxy groups -OCH3 is 1. The second-order valence-electron chi connectivity index (χ2n) is 5.30. The van der Waals surface area contributed by atoms with Gasteiger partial charge in [-0.2, -0.15) is 11.8 Å². The molecule has 0 heterocycles. The molecule has 2 N–H and O–H groups in total. The highest BCUT2D eigenvalue weighted by Crippen LogP contribution is 2.42. The van der Waals surface area contributed by atoms with Crippen molar-refractivity contribution >= 4 is 17.7 Å². The minimum absolute atomic E-state index is 0.132. The number of thioether (sulfide) groups is 1. The predicted octanol–water partition coefficient (Wildman–Crippen LogP) is 1.81. The van der Waals surface area contributed by atoms with E-state index < -0.39 is 5.54 Å². The Balaban J connectivity index is 2.68. The van der Waals surface area contributed by atoms with E-state index in [9.17, 15) is 4.79 Å². The molecule has 0 radical (unpaired) electrons. The number of aliphatic hydroxyl groups excluding tert-OH is 1. The molecule has 1 rings (SSSR count). The fourth-order valence-electron chi connectivity index (χ4n) is 2.26. The van der Waals surface area contributed by atoms with Crippen LogP contribution < -0.4 is 5.32 Å². The first kappa shape index (κ1) is 16.8. The van der Waals surface area contributed by atoms with Crippen molar-refractivity contribution in [3.63, 3.8) is 0 Å². The van der Waals surface area contributed by atoms with Crippen LogP contribution in [0.15, 0.2) is 0 Å². The van der Waals surface area contributed by atoms with Crippen molar-refractivity contribution in [3.05, 3.63) is 0 Å². The van der Waals surface area contributed by atoms with Gasteiger partial charge in [-0.15, -0.1) is 0 Å². The van der Waals surface area contributed by atoms with Crippen LogP contribution in [0, 0.1) is 5.92 Å². The Labute approximate surface area is 120 Å². The third kappa shape index (κ3) is 4.65. The molecule has 1 fully saturated rings. The van der Waals surface area contributed by atoms with E-state index in [4.69, 9.17) is 9.84 Å². The van der Waals surface area contributed by atoms with Gasteiger partial charge in [0, 0.05) is 17.6 Å². The van der Waals surface area contributed by atoms with E-state index in [1.165, 1.54) is 7.11 Å². The molecule has 1 aliphatic rings. The summed E-state index contributed by atoms with van der Waals surface area (Å²) in [5.74, 6) is 0.998. The molecule has 2 atom stereocenters. The molecular formula is C14H27NO3S. The van der Waals surface area contributed by atoms with Crippen LogP contribution in [-0.4, -0.2) is 47.9 Å². The van der Waals surface area contributed by atoms with Gasteiger partial charge < -0.3 is 15.2 Å². The monoisotopic (exact) mass is 289 g/mol. The van der Waals surface area contributed by atoms with Crippen LogP contribution in [0.5, 0.6) is 0 Å². The average molecular weight is 289 g/mol. The number of hydrogen-bond acceptors (Lipinski definition) is 5. The lowest BCUT2D eigenvalue weighted by atomic mass is 9.95. The Morgan fingerprint density at radius 3 is 2.74 bits per heavy atom. The molecule has 0 amide bonds. The first-order chi connectivity index (χ1) is 9.10. The van der Waals surface area contributed by atoms with Crippen molar-refractivity contribution in [1.29, 1.82) is 0 Å². The van der Waals surface area contributed by atoms with Crippen molar-refractivity contribution in [2.45, 2.75) is 50.3 Å². The highest BCUT2D eigenvalue weighted by atomic mass is 32.2. The maximum atomic E-state index is 12.2. The van der Waals surface area contributed by atoms with Crippen molar-refractivity contribution < 1.29 is 14.6 Å². The quantitative estimate of drug-likeness (QED) is 0.601. The lowest BCUT2D eigenvalue weighted by Gasteiger charge is -2.33. The number of nitrogens with one attached hydrogen (secondary N) is 1. The van der Waals surface area contributed by atoms with E-state index in [0.29, 0.717) is 11.2 Å². The number of aliphatic hydroxyl groups is 1. The summed E-state index contributed by atoms with van der Waals surface area (Å²) in [6.07, 6.45) is 3.96. The summed E-state index contributed by atoms with van der Waals surface area (Å²) >= 11 is 1.75. The molecule has 0 aromatic heterocycles. The first-order valence-electron chi connectivity index (χ1n) is 7.16. The number of carbonyl (C=O) groups excluding carboxylic acids is 1. The number of esters is 1. The third-order valence-corrected chi connectivity index (χ3v) is 5.07. The van der Waals surface area contributed by atoms with Crippen LogP contribution >= 0.6 is 11.8 Å². The molecule has 1 saturated carbocycles. The average Bonchev–Trinajstić information content (AvgIpc) is 3.23. The molecule has 0 aromatic rings. The normalized spacial score (nSPS) is 19.8. The van der Waals surface area contributed by atoms with E-state index in [-0.39, 0.29) is 12.6 Å². The summed E-state index contributed by atoms with van der Waals surface area (Å²) in [5, 5.41) is 12.8. The maximum absolute atomic E-state index is 12.2. The summed E-state index contributed by atoms with van der Waals surface area (Å²) < 4.78 is 5.04. The van der Waals surface area contributed by atoms with Crippen molar-refractivity contribution in [2.75, 3.05) is 26.0 Å². The van der Waals surface area contributed by atoms with Crippen LogP contribution in [0.4, 0.5) is 0 Å². The van der Waals surface area contributed by atoms with Gasteiger partial charge in [-0.25, -0.2) is 0 Å². The van der Waals surface area contributed by atoms with Gasteiger partial charge in [-0.3, -0.25) is 4.79 Å². The van der Waals surface area contributed by atoms with Gasteiger partial charge in [-0.1, -0.05) is 13.8 Å². The molecule has 0 aromatic carbocycles. The predicted molar refractivity (Wildman–Crippen MR) is 79.4 cm³/mol. The van der Waals surface area contributed by atoms with Crippen molar-refractivity contribution in [3.8, 4) is 0 Å². The lowest BCUT2D eigenvalue weighted by molar-refractivity contribution is -0.148. The highest BCUT2D eigenvalue weighted by molar-refractivity contribution is 8.00.